The third kappa shape index (κ3) is 5.78. The average Bonchev–Trinajstić information content (AvgIpc) is 2.57. The van der Waals surface area contributed by atoms with Gasteiger partial charge in [-0.15, -0.1) is 12.4 Å². The van der Waals surface area contributed by atoms with E-state index in [1.54, 1.807) is 7.11 Å². The lowest BCUT2D eigenvalue weighted by atomic mass is 9.78. The standard InChI is InChI=1S/C17H25N3O3.ClH/c1-23-13-17(8-11-18-12-9-17)16(22)19-10-7-15(21)20-14-5-3-2-4-6-14;/h2-6,18H,7-13H2,1H3,(H,19,22)(H,20,21);1H. The molecule has 0 saturated carbocycles. The second-order valence-corrected chi connectivity index (χ2v) is 5.88. The van der Waals surface area contributed by atoms with Crippen LogP contribution >= 0.6 is 12.4 Å². The number of halogens is 1. The van der Waals surface area contributed by atoms with Crippen molar-refractivity contribution in [2.45, 2.75) is 19.3 Å². The molecule has 134 valence electrons. The van der Waals surface area contributed by atoms with Crippen LogP contribution in [0.5, 0.6) is 0 Å². The van der Waals surface area contributed by atoms with Gasteiger partial charge in [0, 0.05) is 25.8 Å². The van der Waals surface area contributed by atoms with Gasteiger partial charge in [-0.25, -0.2) is 0 Å². The third-order valence-electron chi connectivity index (χ3n) is 4.16. The number of carbonyl (C=O) groups excluding carboxylic acids is 2. The maximum Gasteiger partial charge on any atom is 0.228 e. The first-order valence-corrected chi connectivity index (χ1v) is 7.99. The number of carbonyl (C=O) groups is 2. The summed E-state index contributed by atoms with van der Waals surface area (Å²) in [6.07, 6.45) is 1.76. The number of amides is 2. The van der Waals surface area contributed by atoms with Crippen LogP contribution in [0, 0.1) is 5.41 Å². The molecule has 1 saturated heterocycles. The van der Waals surface area contributed by atoms with Gasteiger partial charge in [0.05, 0.1) is 12.0 Å². The smallest absolute Gasteiger partial charge is 0.228 e. The summed E-state index contributed by atoms with van der Waals surface area (Å²) in [6.45, 7) is 2.36. The van der Waals surface area contributed by atoms with Gasteiger partial charge in [-0.3, -0.25) is 9.59 Å². The van der Waals surface area contributed by atoms with E-state index in [2.05, 4.69) is 16.0 Å². The molecule has 1 heterocycles. The van der Waals surface area contributed by atoms with Crippen LogP contribution in [0.15, 0.2) is 30.3 Å². The van der Waals surface area contributed by atoms with Gasteiger partial charge < -0.3 is 20.7 Å². The number of methoxy groups -OCH3 is 1. The van der Waals surface area contributed by atoms with Crippen LogP contribution in [0.25, 0.3) is 0 Å². The molecule has 1 aromatic rings. The normalized spacial score (nSPS) is 15.9. The Morgan fingerprint density at radius 2 is 1.88 bits per heavy atom. The lowest BCUT2D eigenvalue weighted by molar-refractivity contribution is -0.136. The van der Waals surface area contributed by atoms with E-state index in [4.69, 9.17) is 4.74 Å². The van der Waals surface area contributed by atoms with E-state index < -0.39 is 5.41 Å². The minimum absolute atomic E-state index is 0. The SMILES string of the molecule is COCC1(C(=O)NCCC(=O)Nc2ccccc2)CCNCC1.Cl. The number of nitrogens with one attached hydrogen (secondary N) is 3. The maximum atomic E-state index is 12.5. The number of hydrogen-bond acceptors (Lipinski definition) is 4. The summed E-state index contributed by atoms with van der Waals surface area (Å²) in [5.74, 6) is -0.129. The molecular weight excluding hydrogens is 330 g/mol. The second-order valence-electron chi connectivity index (χ2n) is 5.88. The molecule has 24 heavy (non-hydrogen) atoms. The summed E-state index contributed by atoms with van der Waals surface area (Å²) in [6, 6.07) is 9.29. The Kier molecular flexibility index (Phi) is 8.74. The van der Waals surface area contributed by atoms with Crippen molar-refractivity contribution in [1.29, 1.82) is 0 Å². The number of benzene rings is 1. The number of rotatable bonds is 7. The zero-order valence-electron chi connectivity index (χ0n) is 14.0. The first kappa shape index (κ1) is 20.4. The zero-order chi connectivity index (χ0) is 16.5. The van der Waals surface area contributed by atoms with E-state index >= 15 is 0 Å². The Morgan fingerprint density at radius 3 is 2.50 bits per heavy atom. The molecule has 2 amide bonds. The molecule has 1 fully saturated rings. The van der Waals surface area contributed by atoms with Crippen molar-refractivity contribution in [3.8, 4) is 0 Å². The number of anilines is 1. The second kappa shape index (κ2) is 10.3. The summed E-state index contributed by atoms with van der Waals surface area (Å²) in [4.78, 5) is 24.4. The molecule has 1 aliphatic heterocycles. The minimum atomic E-state index is -0.476. The van der Waals surface area contributed by atoms with Gasteiger partial charge >= 0.3 is 0 Å². The van der Waals surface area contributed by atoms with Crippen LogP contribution in [0.1, 0.15) is 19.3 Å². The predicted octanol–water partition coefficient (Wildman–Crippen LogP) is 1.57. The number of piperidine rings is 1. The van der Waals surface area contributed by atoms with E-state index in [0.717, 1.165) is 31.6 Å². The minimum Gasteiger partial charge on any atom is -0.384 e. The third-order valence-corrected chi connectivity index (χ3v) is 4.16. The Hall–Kier alpha value is -1.63. The molecule has 1 aliphatic rings. The summed E-state index contributed by atoms with van der Waals surface area (Å²) < 4.78 is 5.24. The van der Waals surface area contributed by atoms with Gasteiger partial charge in [0.25, 0.3) is 0 Å². The van der Waals surface area contributed by atoms with E-state index in [1.165, 1.54) is 0 Å². The maximum absolute atomic E-state index is 12.5. The topological polar surface area (TPSA) is 79.5 Å². The highest BCUT2D eigenvalue weighted by Gasteiger charge is 2.39. The average molecular weight is 356 g/mol. The summed E-state index contributed by atoms with van der Waals surface area (Å²) in [5, 5.41) is 8.95. The molecule has 7 heteroatoms. The fourth-order valence-corrected chi connectivity index (χ4v) is 2.84. The van der Waals surface area contributed by atoms with E-state index in [9.17, 15) is 9.59 Å². The van der Waals surface area contributed by atoms with Gasteiger partial charge in [-0.1, -0.05) is 18.2 Å². The Bertz CT molecular complexity index is 514. The molecule has 0 aromatic heterocycles. The van der Waals surface area contributed by atoms with Crippen molar-refractivity contribution < 1.29 is 14.3 Å². The van der Waals surface area contributed by atoms with Gasteiger partial charge in [0.1, 0.15) is 0 Å². The molecule has 0 spiro atoms. The van der Waals surface area contributed by atoms with Crippen LogP contribution < -0.4 is 16.0 Å². The number of hydrogen-bond donors (Lipinski definition) is 3. The van der Waals surface area contributed by atoms with Gasteiger partial charge in [0.15, 0.2) is 0 Å². The molecular formula is C17H26ClN3O3. The Balaban J connectivity index is 0.00000288. The fraction of sp³-hybridized carbons (Fsp3) is 0.529. The molecule has 0 atom stereocenters. The van der Waals surface area contributed by atoms with Crippen LogP contribution in [0.4, 0.5) is 5.69 Å². The van der Waals surface area contributed by atoms with Crippen molar-refractivity contribution in [3.63, 3.8) is 0 Å². The van der Waals surface area contributed by atoms with Crippen molar-refractivity contribution in [3.05, 3.63) is 30.3 Å². The quantitative estimate of drug-likeness (QED) is 0.693. The van der Waals surface area contributed by atoms with E-state index in [-0.39, 0.29) is 30.6 Å². The first-order chi connectivity index (χ1) is 11.2. The van der Waals surface area contributed by atoms with Gasteiger partial charge in [-0.2, -0.15) is 0 Å². The lowest BCUT2D eigenvalue weighted by Gasteiger charge is -2.35. The van der Waals surface area contributed by atoms with E-state index in [1.807, 2.05) is 30.3 Å². The summed E-state index contributed by atoms with van der Waals surface area (Å²) in [7, 11) is 1.62. The highest BCUT2D eigenvalue weighted by Crippen LogP contribution is 2.29. The molecule has 0 bridgehead atoms. The summed E-state index contributed by atoms with van der Waals surface area (Å²) >= 11 is 0. The van der Waals surface area contributed by atoms with Gasteiger partial charge in [0.2, 0.25) is 11.8 Å². The van der Waals surface area contributed by atoms with Crippen LogP contribution in [0.2, 0.25) is 0 Å². The number of ether oxygens (including phenoxy) is 1. The molecule has 0 aliphatic carbocycles. The largest absolute Gasteiger partial charge is 0.384 e. The molecule has 1 aromatic carbocycles. The predicted molar refractivity (Wildman–Crippen MR) is 96.4 cm³/mol. The lowest BCUT2D eigenvalue weighted by Crippen LogP contribution is -2.50. The first-order valence-electron chi connectivity index (χ1n) is 7.99. The van der Waals surface area contributed by atoms with Crippen LogP contribution in [0.3, 0.4) is 0 Å². The van der Waals surface area contributed by atoms with Crippen LogP contribution in [-0.4, -0.2) is 45.2 Å². The van der Waals surface area contributed by atoms with Gasteiger partial charge in [-0.05, 0) is 38.1 Å². The van der Waals surface area contributed by atoms with Crippen molar-refractivity contribution in [2.75, 3.05) is 38.7 Å². The Labute approximate surface area is 149 Å². The van der Waals surface area contributed by atoms with Crippen molar-refractivity contribution in [2.24, 2.45) is 5.41 Å². The number of para-hydroxylation sites is 1. The highest BCUT2D eigenvalue weighted by molar-refractivity contribution is 5.91. The monoisotopic (exact) mass is 355 g/mol. The highest BCUT2D eigenvalue weighted by atomic mass is 35.5. The van der Waals surface area contributed by atoms with Crippen LogP contribution in [-0.2, 0) is 14.3 Å². The molecule has 0 radical (unpaired) electrons. The zero-order valence-corrected chi connectivity index (χ0v) is 14.8. The molecule has 6 nitrogen and oxygen atoms in total. The van der Waals surface area contributed by atoms with Crippen molar-refractivity contribution in [1.82, 2.24) is 10.6 Å². The summed E-state index contributed by atoms with van der Waals surface area (Å²) in [5.41, 5.74) is 0.286. The molecule has 3 N–H and O–H groups in total. The van der Waals surface area contributed by atoms with E-state index in [0.29, 0.717) is 13.2 Å². The van der Waals surface area contributed by atoms with Crippen molar-refractivity contribution >= 4 is 29.9 Å². The Morgan fingerprint density at radius 1 is 1.21 bits per heavy atom. The molecule has 2 rings (SSSR count). The fourth-order valence-electron chi connectivity index (χ4n) is 2.84. The molecule has 0 unspecified atom stereocenters.